The third-order valence-electron chi connectivity index (χ3n) is 2.99. The van der Waals surface area contributed by atoms with E-state index in [0.717, 1.165) is 11.3 Å². The van der Waals surface area contributed by atoms with Crippen molar-refractivity contribution in [2.75, 3.05) is 10.6 Å². The number of carbonyl (C=O) groups excluding carboxylic acids is 1. The van der Waals surface area contributed by atoms with Crippen LogP contribution in [0.2, 0.25) is 5.02 Å². The Hall–Kier alpha value is -1.64. The van der Waals surface area contributed by atoms with Gasteiger partial charge in [0, 0.05) is 14.5 Å². The molecule has 0 radical (unpaired) electrons. The van der Waals surface area contributed by atoms with Crippen molar-refractivity contribution in [1.29, 1.82) is 0 Å². The first-order chi connectivity index (χ1) is 11.1. The van der Waals surface area contributed by atoms with Gasteiger partial charge in [0.25, 0.3) is 0 Å². The van der Waals surface area contributed by atoms with E-state index in [0.29, 0.717) is 15.8 Å². The molecule has 1 aromatic heterocycles. The second-order valence-corrected chi connectivity index (χ2v) is 7.11. The summed E-state index contributed by atoms with van der Waals surface area (Å²) in [7, 11) is 0. The van der Waals surface area contributed by atoms with E-state index in [1.807, 2.05) is 29.6 Å². The molecule has 0 bridgehead atoms. The van der Waals surface area contributed by atoms with E-state index in [-0.39, 0.29) is 6.03 Å². The molecule has 0 aliphatic heterocycles. The number of para-hydroxylation sites is 1. The predicted molar refractivity (Wildman–Crippen MR) is 104 cm³/mol. The molecule has 2 N–H and O–H groups in total. The lowest BCUT2D eigenvalue weighted by molar-refractivity contribution is 0.262. The van der Waals surface area contributed by atoms with Crippen LogP contribution in [0.3, 0.4) is 0 Å². The van der Waals surface area contributed by atoms with E-state index in [4.69, 9.17) is 11.6 Å². The topological polar surface area (TPSA) is 54.0 Å². The zero-order valence-electron chi connectivity index (χ0n) is 11.7. The van der Waals surface area contributed by atoms with E-state index < -0.39 is 0 Å². The molecule has 0 spiro atoms. The Morgan fingerprint density at radius 3 is 2.57 bits per heavy atom. The second kappa shape index (κ2) is 7.29. The number of hydrogen-bond acceptors (Lipinski definition) is 3. The van der Waals surface area contributed by atoms with Gasteiger partial charge in [0.15, 0.2) is 5.13 Å². The summed E-state index contributed by atoms with van der Waals surface area (Å²) in [5.74, 6) is 0. The number of halogens is 2. The molecule has 23 heavy (non-hydrogen) atoms. The number of rotatable bonds is 3. The fourth-order valence-corrected chi connectivity index (χ4v) is 3.15. The number of carbonyl (C=O) groups is 1. The molecular formula is C16H11ClIN3OS. The molecule has 1 heterocycles. The molecule has 2 aromatic carbocycles. The standard InChI is InChI=1S/C16H11ClIN3OS/c17-12-3-1-2-4-13(12)19-15(22)21-16-20-14(9-23-16)10-5-7-11(18)8-6-10/h1-9H,(H2,19,20,21,22). The minimum Gasteiger partial charge on any atom is -0.306 e. The molecule has 0 fully saturated rings. The normalized spacial score (nSPS) is 10.3. The summed E-state index contributed by atoms with van der Waals surface area (Å²) in [6.07, 6.45) is 0. The third kappa shape index (κ3) is 4.21. The monoisotopic (exact) mass is 455 g/mol. The van der Waals surface area contributed by atoms with Crippen molar-refractivity contribution in [3.8, 4) is 11.3 Å². The zero-order chi connectivity index (χ0) is 16.2. The molecule has 0 saturated heterocycles. The summed E-state index contributed by atoms with van der Waals surface area (Å²) < 4.78 is 1.17. The highest BCUT2D eigenvalue weighted by Crippen LogP contribution is 2.26. The van der Waals surface area contributed by atoms with Crippen molar-refractivity contribution in [2.24, 2.45) is 0 Å². The number of nitrogens with zero attached hydrogens (tertiary/aromatic N) is 1. The summed E-state index contributed by atoms with van der Waals surface area (Å²) in [5.41, 5.74) is 2.40. The minimum atomic E-state index is -0.374. The number of amides is 2. The highest BCUT2D eigenvalue weighted by molar-refractivity contribution is 14.1. The van der Waals surface area contributed by atoms with Gasteiger partial charge < -0.3 is 5.32 Å². The van der Waals surface area contributed by atoms with Gasteiger partial charge in [0.1, 0.15) is 0 Å². The molecule has 3 rings (SSSR count). The Morgan fingerprint density at radius 1 is 1.09 bits per heavy atom. The first-order valence-electron chi connectivity index (χ1n) is 6.66. The van der Waals surface area contributed by atoms with Crippen LogP contribution in [-0.2, 0) is 0 Å². The molecule has 3 aromatic rings. The molecule has 7 heteroatoms. The van der Waals surface area contributed by atoms with E-state index in [2.05, 4.69) is 38.2 Å². The average Bonchev–Trinajstić information content (AvgIpc) is 2.98. The van der Waals surface area contributed by atoms with Crippen LogP contribution in [0.25, 0.3) is 11.3 Å². The van der Waals surface area contributed by atoms with Crippen LogP contribution < -0.4 is 10.6 Å². The van der Waals surface area contributed by atoms with Crippen LogP contribution in [0.15, 0.2) is 53.9 Å². The molecular weight excluding hydrogens is 445 g/mol. The lowest BCUT2D eigenvalue weighted by Crippen LogP contribution is -2.19. The molecule has 2 amide bonds. The molecule has 0 unspecified atom stereocenters. The number of anilines is 2. The summed E-state index contributed by atoms with van der Waals surface area (Å²) in [4.78, 5) is 16.4. The van der Waals surface area contributed by atoms with E-state index in [1.165, 1.54) is 14.9 Å². The number of hydrogen-bond donors (Lipinski definition) is 2. The Labute approximate surface area is 156 Å². The maximum absolute atomic E-state index is 12.0. The van der Waals surface area contributed by atoms with Gasteiger partial charge >= 0.3 is 6.03 Å². The van der Waals surface area contributed by atoms with Crippen LogP contribution in [0.5, 0.6) is 0 Å². The van der Waals surface area contributed by atoms with Gasteiger partial charge in [-0.2, -0.15) is 0 Å². The third-order valence-corrected chi connectivity index (χ3v) is 4.79. The molecule has 0 aliphatic carbocycles. The molecule has 0 saturated carbocycles. The fraction of sp³-hybridized carbons (Fsp3) is 0. The minimum absolute atomic E-state index is 0.374. The van der Waals surface area contributed by atoms with Crippen LogP contribution in [0.1, 0.15) is 0 Å². The molecule has 116 valence electrons. The van der Waals surface area contributed by atoms with Crippen LogP contribution in [0.4, 0.5) is 15.6 Å². The number of benzene rings is 2. The number of nitrogens with one attached hydrogen (secondary N) is 2. The first kappa shape index (κ1) is 16.2. The predicted octanol–water partition coefficient (Wildman–Crippen LogP) is 5.71. The highest BCUT2D eigenvalue weighted by atomic mass is 127. The lowest BCUT2D eigenvalue weighted by Gasteiger charge is -2.06. The maximum Gasteiger partial charge on any atom is 0.325 e. The second-order valence-electron chi connectivity index (χ2n) is 4.60. The number of thiazole rings is 1. The Bertz CT molecular complexity index is 835. The Balaban J connectivity index is 1.68. The van der Waals surface area contributed by atoms with Crippen LogP contribution in [-0.4, -0.2) is 11.0 Å². The largest absolute Gasteiger partial charge is 0.325 e. The van der Waals surface area contributed by atoms with Gasteiger partial charge in [-0.05, 0) is 46.9 Å². The highest BCUT2D eigenvalue weighted by Gasteiger charge is 2.09. The van der Waals surface area contributed by atoms with Crippen LogP contribution >= 0.6 is 45.5 Å². The SMILES string of the molecule is O=C(Nc1nc(-c2ccc(I)cc2)cs1)Nc1ccccc1Cl. The molecule has 0 aliphatic rings. The van der Waals surface area contributed by atoms with Gasteiger partial charge in [-0.3, -0.25) is 5.32 Å². The van der Waals surface area contributed by atoms with Gasteiger partial charge in [0.2, 0.25) is 0 Å². The van der Waals surface area contributed by atoms with Crippen molar-refractivity contribution in [1.82, 2.24) is 4.98 Å². The van der Waals surface area contributed by atoms with Crippen molar-refractivity contribution in [2.45, 2.75) is 0 Å². The summed E-state index contributed by atoms with van der Waals surface area (Å²) in [6.45, 7) is 0. The van der Waals surface area contributed by atoms with Crippen molar-refractivity contribution in [3.63, 3.8) is 0 Å². The maximum atomic E-state index is 12.0. The van der Waals surface area contributed by atoms with Gasteiger partial charge in [-0.1, -0.05) is 35.9 Å². The van der Waals surface area contributed by atoms with E-state index in [1.54, 1.807) is 24.3 Å². The van der Waals surface area contributed by atoms with E-state index in [9.17, 15) is 4.79 Å². The summed E-state index contributed by atoms with van der Waals surface area (Å²) in [5, 5.41) is 8.34. The average molecular weight is 456 g/mol. The Kier molecular flexibility index (Phi) is 5.14. The van der Waals surface area contributed by atoms with Crippen molar-refractivity contribution >= 4 is 62.4 Å². The summed E-state index contributed by atoms with van der Waals surface area (Å²) in [6, 6.07) is 14.7. The molecule has 4 nitrogen and oxygen atoms in total. The fourth-order valence-electron chi connectivity index (χ4n) is 1.90. The Morgan fingerprint density at radius 2 is 1.83 bits per heavy atom. The molecule has 0 atom stereocenters. The van der Waals surface area contributed by atoms with Crippen LogP contribution in [0, 0.1) is 3.57 Å². The van der Waals surface area contributed by atoms with Crippen molar-refractivity contribution in [3.05, 3.63) is 62.5 Å². The van der Waals surface area contributed by atoms with Crippen molar-refractivity contribution < 1.29 is 4.79 Å². The zero-order valence-corrected chi connectivity index (χ0v) is 15.4. The van der Waals surface area contributed by atoms with Gasteiger partial charge in [-0.25, -0.2) is 9.78 Å². The first-order valence-corrected chi connectivity index (χ1v) is 8.99. The smallest absolute Gasteiger partial charge is 0.306 e. The summed E-state index contributed by atoms with van der Waals surface area (Å²) >= 11 is 9.64. The number of urea groups is 1. The van der Waals surface area contributed by atoms with E-state index >= 15 is 0 Å². The van der Waals surface area contributed by atoms with Gasteiger partial charge in [0.05, 0.1) is 16.4 Å². The number of aromatic nitrogens is 1. The lowest BCUT2D eigenvalue weighted by atomic mass is 10.2. The van der Waals surface area contributed by atoms with Gasteiger partial charge in [-0.15, -0.1) is 11.3 Å². The quantitative estimate of drug-likeness (QED) is 0.497.